The van der Waals surface area contributed by atoms with Crippen LogP contribution in [0, 0.1) is 0 Å². The van der Waals surface area contributed by atoms with Crippen LogP contribution in [-0.4, -0.2) is 18.9 Å². The molecule has 1 aliphatic rings. The summed E-state index contributed by atoms with van der Waals surface area (Å²) in [7, 11) is 0. The molecule has 0 aromatic heterocycles. The van der Waals surface area contributed by atoms with Crippen molar-refractivity contribution in [2.24, 2.45) is 4.99 Å². The van der Waals surface area contributed by atoms with E-state index in [2.05, 4.69) is 4.99 Å². The van der Waals surface area contributed by atoms with Gasteiger partial charge in [0.25, 0.3) is 0 Å². The first-order valence-corrected chi connectivity index (χ1v) is 2.72. The first-order valence-electron chi connectivity index (χ1n) is 2.72. The summed E-state index contributed by atoms with van der Waals surface area (Å²) >= 11 is 0. The molecule has 0 aromatic rings. The molecule has 11 heavy (non-hydrogen) atoms. The molecule has 1 aliphatic heterocycles. The van der Waals surface area contributed by atoms with Crippen molar-refractivity contribution < 1.29 is 17.6 Å². The number of rotatable bonds is 0. The second-order valence-electron chi connectivity index (χ2n) is 1.91. The van der Waals surface area contributed by atoms with Gasteiger partial charge in [-0.15, -0.1) is 0 Å². The van der Waals surface area contributed by atoms with Gasteiger partial charge in [-0.05, 0) is 0 Å². The standard InChI is InChI=1S/C6H3F4N/c7-5-1-4(2-11-3-5)6(8,9)10/h2H,3H2. The fourth-order valence-corrected chi connectivity index (χ4v) is 0.579. The Morgan fingerprint density at radius 2 is 2.09 bits per heavy atom. The fourth-order valence-electron chi connectivity index (χ4n) is 0.579. The Morgan fingerprint density at radius 1 is 1.45 bits per heavy atom. The Hall–Kier alpha value is -1.09. The monoisotopic (exact) mass is 165 g/mol. The van der Waals surface area contributed by atoms with Crippen LogP contribution < -0.4 is 0 Å². The van der Waals surface area contributed by atoms with Crippen molar-refractivity contribution in [1.82, 2.24) is 0 Å². The van der Waals surface area contributed by atoms with Crippen molar-refractivity contribution in [1.29, 1.82) is 0 Å². The minimum Gasteiger partial charge on any atom is -0.284 e. The number of halogens is 4. The van der Waals surface area contributed by atoms with Crippen molar-refractivity contribution in [3.8, 4) is 0 Å². The van der Waals surface area contributed by atoms with Crippen LogP contribution in [-0.2, 0) is 0 Å². The van der Waals surface area contributed by atoms with Crippen molar-refractivity contribution >= 4 is 6.21 Å². The molecule has 0 bridgehead atoms. The molecule has 0 radical (unpaired) electrons. The topological polar surface area (TPSA) is 12.4 Å². The lowest BCUT2D eigenvalue weighted by Gasteiger charge is -2.05. The summed E-state index contributed by atoms with van der Waals surface area (Å²) in [4.78, 5) is 3.15. The van der Waals surface area contributed by atoms with Crippen molar-refractivity contribution in [2.75, 3.05) is 6.54 Å². The zero-order valence-electron chi connectivity index (χ0n) is 5.24. The number of nitrogens with zero attached hydrogens (tertiary/aromatic N) is 1. The van der Waals surface area contributed by atoms with Gasteiger partial charge >= 0.3 is 6.18 Å². The summed E-state index contributed by atoms with van der Waals surface area (Å²) in [6.07, 6.45) is -3.98. The molecule has 1 rings (SSSR count). The largest absolute Gasteiger partial charge is 0.425 e. The lowest BCUT2D eigenvalue weighted by atomic mass is 10.2. The third-order valence-electron chi connectivity index (χ3n) is 1.03. The second-order valence-corrected chi connectivity index (χ2v) is 1.91. The van der Waals surface area contributed by atoms with Gasteiger partial charge in [-0.2, -0.15) is 13.2 Å². The van der Waals surface area contributed by atoms with Gasteiger partial charge in [0.15, 0.2) is 5.83 Å². The van der Waals surface area contributed by atoms with Gasteiger partial charge in [-0.3, -0.25) is 4.99 Å². The van der Waals surface area contributed by atoms with Crippen LogP contribution in [0.3, 0.4) is 0 Å². The summed E-state index contributed by atoms with van der Waals surface area (Å²) < 4.78 is 47.4. The van der Waals surface area contributed by atoms with E-state index in [0.717, 1.165) is 0 Å². The average molecular weight is 165 g/mol. The quantitative estimate of drug-likeness (QED) is 0.384. The Bertz CT molecular complexity index is 254. The van der Waals surface area contributed by atoms with E-state index in [4.69, 9.17) is 0 Å². The number of aliphatic imine (C=N–C) groups is 1. The van der Waals surface area contributed by atoms with E-state index < -0.39 is 17.6 Å². The van der Waals surface area contributed by atoms with Crippen LogP contribution in [0.5, 0.6) is 0 Å². The molecule has 0 spiro atoms. The molecule has 0 fully saturated rings. The van der Waals surface area contributed by atoms with Gasteiger partial charge in [-0.1, -0.05) is 5.73 Å². The molecule has 0 saturated carbocycles. The summed E-state index contributed by atoms with van der Waals surface area (Å²) in [6, 6.07) is 0. The third kappa shape index (κ3) is 1.91. The Labute approximate surface area is 59.7 Å². The Balaban J connectivity index is 3.05. The maximum atomic E-state index is 12.1. The highest BCUT2D eigenvalue weighted by Gasteiger charge is 2.33. The van der Waals surface area contributed by atoms with Crippen molar-refractivity contribution in [2.45, 2.75) is 6.18 Å². The molecule has 1 nitrogen and oxygen atoms in total. The average Bonchev–Trinajstić information content (AvgIpc) is 1.86. The smallest absolute Gasteiger partial charge is 0.284 e. The predicted molar refractivity (Wildman–Crippen MR) is 31.1 cm³/mol. The van der Waals surface area contributed by atoms with E-state index in [1.54, 1.807) is 5.73 Å². The second kappa shape index (κ2) is 2.51. The van der Waals surface area contributed by atoms with Crippen LogP contribution in [0.25, 0.3) is 0 Å². The molecule has 0 aromatic carbocycles. The molecule has 0 amide bonds. The lowest BCUT2D eigenvalue weighted by molar-refractivity contribution is -0.0856. The molecular formula is C6H3F4N. The zero-order chi connectivity index (χ0) is 8.48. The van der Waals surface area contributed by atoms with E-state index in [1.165, 1.54) is 0 Å². The predicted octanol–water partition coefficient (Wildman–Crippen LogP) is 2.01. The van der Waals surface area contributed by atoms with Crippen LogP contribution >= 0.6 is 0 Å². The van der Waals surface area contributed by atoms with Crippen LogP contribution in [0.15, 0.2) is 22.1 Å². The van der Waals surface area contributed by atoms with E-state index >= 15 is 0 Å². The molecule has 5 heteroatoms. The summed E-state index contributed by atoms with van der Waals surface area (Å²) in [5.74, 6) is -0.986. The van der Waals surface area contributed by atoms with E-state index in [0.29, 0.717) is 6.21 Å². The highest BCUT2D eigenvalue weighted by molar-refractivity contribution is 5.81. The lowest BCUT2D eigenvalue weighted by Crippen LogP contribution is -2.14. The zero-order valence-corrected chi connectivity index (χ0v) is 5.24. The van der Waals surface area contributed by atoms with Gasteiger partial charge in [-0.25, -0.2) is 4.39 Å². The molecule has 1 heterocycles. The number of hydrogen-bond acceptors (Lipinski definition) is 1. The molecule has 0 aliphatic carbocycles. The third-order valence-corrected chi connectivity index (χ3v) is 1.03. The first-order chi connectivity index (χ1) is 5.00. The molecule has 0 unspecified atom stereocenters. The van der Waals surface area contributed by atoms with Gasteiger partial charge in [0.2, 0.25) is 0 Å². The van der Waals surface area contributed by atoms with Gasteiger partial charge < -0.3 is 0 Å². The Kier molecular flexibility index (Phi) is 1.83. The molecule has 0 atom stereocenters. The van der Waals surface area contributed by atoms with E-state index in [-0.39, 0.29) is 6.54 Å². The van der Waals surface area contributed by atoms with E-state index in [9.17, 15) is 17.6 Å². The minimum absolute atomic E-state index is 0.348. The summed E-state index contributed by atoms with van der Waals surface area (Å²) in [5.41, 5.74) is 0.383. The molecule has 0 N–H and O–H groups in total. The normalized spacial score (nSPS) is 17.8. The molecule has 60 valence electrons. The highest BCUT2D eigenvalue weighted by atomic mass is 19.4. The van der Waals surface area contributed by atoms with Gasteiger partial charge in [0.05, 0.1) is 6.54 Å². The fraction of sp³-hybridized carbons (Fsp3) is 0.333. The number of hydrogen-bond donors (Lipinski definition) is 0. The molecule has 0 saturated heterocycles. The molecular weight excluding hydrogens is 162 g/mol. The van der Waals surface area contributed by atoms with Crippen molar-refractivity contribution in [3.05, 3.63) is 17.1 Å². The minimum atomic E-state index is -4.55. The maximum absolute atomic E-state index is 12.1. The van der Waals surface area contributed by atoms with Crippen molar-refractivity contribution in [3.63, 3.8) is 0 Å². The SMILES string of the molecule is FC1=C=C(C(F)(F)F)C=NC1. The van der Waals surface area contributed by atoms with Gasteiger partial charge in [0, 0.05) is 6.21 Å². The van der Waals surface area contributed by atoms with Crippen LogP contribution in [0.2, 0.25) is 0 Å². The van der Waals surface area contributed by atoms with Crippen LogP contribution in [0.4, 0.5) is 17.6 Å². The van der Waals surface area contributed by atoms with Crippen LogP contribution in [0.1, 0.15) is 0 Å². The summed E-state index contributed by atoms with van der Waals surface area (Å²) in [6.45, 7) is -0.348. The van der Waals surface area contributed by atoms with E-state index in [1.807, 2.05) is 0 Å². The number of alkyl halides is 3. The maximum Gasteiger partial charge on any atom is 0.425 e. The summed E-state index contributed by atoms with van der Waals surface area (Å²) in [5, 5.41) is 0. The Morgan fingerprint density at radius 3 is 2.45 bits per heavy atom. The first kappa shape index (κ1) is 8.01. The highest BCUT2D eigenvalue weighted by Crippen LogP contribution is 2.24. The van der Waals surface area contributed by atoms with Gasteiger partial charge in [0.1, 0.15) is 5.57 Å².